The SMILES string of the molecule is CC1CN(c2ccc(CNC(=O)NCC3CCN(c4ccc(F)c(F)c4)C3)cc2F)CC(C)O1. The molecule has 4 rings (SSSR count). The van der Waals surface area contributed by atoms with Crippen molar-refractivity contribution in [1.82, 2.24) is 10.6 Å². The molecule has 6 nitrogen and oxygen atoms in total. The number of halogens is 3. The van der Waals surface area contributed by atoms with Crippen molar-refractivity contribution in [3.8, 4) is 0 Å². The molecule has 0 radical (unpaired) electrons. The molecule has 0 spiro atoms. The van der Waals surface area contributed by atoms with Crippen molar-refractivity contribution < 1.29 is 22.7 Å². The van der Waals surface area contributed by atoms with Gasteiger partial charge in [-0.05, 0) is 56.0 Å². The van der Waals surface area contributed by atoms with E-state index in [4.69, 9.17) is 4.74 Å². The monoisotopic (exact) mass is 476 g/mol. The molecular weight excluding hydrogens is 445 g/mol. The van der Waals surface area contributed by atoms with Crippen LogP contribution in [-0.2, 0) is 11.3 Å². The van der Waals surface area contributed by atoms with E-state index in [0.717, 1.165) is 12.5 Å². The lowest BCUT2D eigenvalue weighted by Gasteiger charge is -2.37. The number of benzene rings is 2. The van der Waals surface area contributed by atoms with Crippen LogP contribution in [0.1, 0.15) is 25.8 Å². The molecule has 2 N–H and O–H groups in total. The van der Waals surface area contributed by atoms with Gasteiger partial charge in [0.25, 0.3) is 0 Å². The van der Waals surface area contributed by atoms with Gasteiger partial charge in [0.05, 0.1) is 17.9 Å². The predicted molar refractivity (Wildman–Crippen MR) is 126 cm³/mol. The lowest BCUT2D eigenvalue weighted by molar-refractivity contribution is -0.00539. The number of nitrogens with one attached hydrogen (secondary N) is 2. The first-order valence-electron chi connectivity index (χ1n) is 11.7. The Morgan fingerprint density at radius 3 is 2.41 bits per heavy atom. The van der Waals surface area contributed by atoms with Crippen LogP contribution in [-0.4, -0.2) is 51.0 Å². The maximum absolute atomic E-state index is 14.7. The molecule has 2 amide bonds. The van der Waals surface area contributed by atoms with Crippen LogP contribution in [0.3, 0.4) is 0 Å². The number of nitrogens with zero attached hydrogens (tertiary/aromatic N) is 2. The number of rotatable bonds is 6. The summed E-state index contributed by atoms with van der Waals surface area (Å²) in [5.74, 6) is -1.84. The zero-order valence-electron chi connectivity index (χ0n) is 19.5. The fourth-order valence-corrected chi connectivity index (χ4v) is 4.69. The Balaban J connectivity index is 1.22. The molecule has 2 aliphatic rings. The molecule has 34 heavy (non-hydrogen) atoms. The average Bonchev–Trinajstić information content (AvgIpc) is 3.26. The third-order valence-corrected chi connectivity index (χ3v) is 6.33. The molecule has 0 bridgehead atoms. The summed E-state index contributed by atoms with van der Waals surface area (Å²) in [5, 5.41) is 5.61. The van der Waals surface area contributed by atoms with E-state index in [2.05, 4.69) is 10.6 Å². The Bertz CT molecular complexity index is 1010. The summed E-state index contributed by atoms with van der Waals surface area (Å²) >= 11 is 0. The molecule has 0 saturated carbocycles. The minimum absolute atomic E-state index is 0.0389. The van der Waals surface area contributed by atoms with E-state index in [1.54, 1.807) is 12.1 Å². The zero-order valence-corrected chi connectivity index (χ0v) is 19.5. The Labute approximate surface area is 198 Å². The van der Waals surface area contributed by atoms with Crippen LogP contribution in [0.4, 0.5) is 29.3 Å². The number of carbonyl (C=O) groups is 1. The van der Waals surface area contributed by atoms with Gasteiger partial charge in [-0.1, -0.05) is 6.07 Å². The van der Waals surface area contributed by atoms with Crippen LogP contribution in [0.15, 0.2) is 36.4 Å². The Kier molecular flexibility index (Phi) is 7.50. The molecule has 0 aliphatic carbocycles. The summed E-state index contributed by atoms with van der Waals surface area (Å²) in [4.78, 5) is 16.2. The van der Waals surface area contributed by atoms with E-state index >= 15 is 0 Å². The highest BCUT2D eigenvalue weighted by molar-refractivity contribution is 5.73. The Morgan fingerprint density at radius 1 is 0.941 bits per heavy atom. The van der Waals surface area contributed by atoms with Gasteiger partial charge in [0.15, 0.2) is 11.6 Å². The third kappa shape index (κ3) is 5.94. The maximum atomic E-state index is 14.7. The number of anilines is 2. The van der Waals surface area contributed by atoms with Crippen molar-refractivity contribution in [3.63, 3.8) is 0 Å². The van der Waals surface area contributed by atoms with Gasteiger partial charge >= 0.3 is 6.03 Å². The van der Waals surface area contributed by atoms with Gasteiger partial charge in [-0.3, -0.25) is 0 Å². The van der Waals surface area contributed by atoms with Gasteiger partial charge in [-0.25, -0.2) is 18.0 Å². The van der Waals surface area contributed by atoms with Gasteiger partial charge in [-0.15, -0.1) is 0 Å². The van der Waals surface area contributed by atoms with Crippen LogP contribution in [0.5, 0.6) is 0 Å². The van der Waals surface area contributed by atoms with E-state index in [0.29, 0.717) is 49.7 Å². The summed E-state index contributed by atoms with van der Waals surface area (Å²) < 4.78 is 47.1. The van der Waals surface area contributed by atoms with Crippen molar-refractivity contribution in [2.75, 3.05) is 42.5 Å². The lowest BCUT2D eigenvalue weighted by atomic mass is 10.1. The average molecular weight is 477 g/mol. The smallest absolute Gasteiger partial charge is 0.315 e. The molecule has 3 unspecified atom stereocenters. The van der Waals surface area contributed by atoms with Crippen molar-refractivity contribution in [2.45, 2.75) is 39.0 Å². The van der Waals surface area contributed by atoms with E-state index in [-0.39, 0.29) is 36.5 Å². The second-order valence-electron chi connectivity index (χ2n) is 9.21. The molecule has 3 atom stereocenters. The number of hydrogen-bond donors (Lipinski definition) is 2. The predicted octanol–water partition coefficient (Wildman–Crippen LogP) is 4.04. The van der Waals surface area contributed by atoms with E-state index in [1.807, 2.05) is 29.7 Å². The highest BCUT2D eigenvalue weighted by Crippen LogP contribution is 2.26. The minimum atomic E-state index is -0.864. The van der Waals surface area contributed by atoms with Gasteiger partial charge < -0.3 is 25.2 Å². The van der Waals surface area contributed by atoms with E-state index in [9.17, 15) is 18.0 Å². The molecule has 184 valence electrons. The lowest BCUT2D eigenvalue weighted by Crippen LogP contribution is -2.45. The quantitative estimate of drug-likeness (QED) is 0.661. The van der Waals surface area contributed by atoms with Gasteiger partial charge in [0.2, 0.25) is 0 Å². The third-order valence-electron chi connectivity index (χ3n) is 6.33. The molecule has 9 heteroatoms. The van der Waals surface area contributed by atoms with E-state index < -0.39 is 11.6 Å². The molecule has 2 aromatic carbocycles. The second-order valence-corrected chi connectivity index (χ2v) is 9.21. The maximum Gasteiger partial charge on any atom is 0.315 e. The number of amides is 2. The number of carbonyl (C=O) groups excluding carboxylic acids is 1. The zero-order chi connectivity index (χ0) is 24.2. The minimum Gasteiger partial charge on any atom is -0.372 e. The summed E-state index contributed by atoms with van der Waals surface area (Å²) in [7, 11) is 0. The molecule has 2 heterocycles. The first-order chi connectivity index (χ1) is 16.3. The number of urea groups is 1. The number of hydrogen-bond acceptors (Lipinski definition) is 4. The van der Waals surface area contributed by atoms with Crippen LogP contribution >= 0.6 is 0 Å². The standard InChI is InChI=1S/C25H31F3N4O2/c1-16-13-32(14-17(2)34-16)24-6-3-18(9-23(24)28)11-29-25(33)30-12-19-7-8-31(15-19)20-4-5-21(26)22(27)10-20/h3-6,9-10,16-17,19H,7-8,11-15H2,1-2H3,(H2,29,30,33). The number of morpholine rings is 1. The normalized spacial score (nSPS) is 22.7. The van der Waals surface area contributed by atoms with Crippen molar-refractivity contribution >= 4 is 17.4 Å². The molecule has 2 fully saturated rings. The molecule has 2 aliphatic heterocycles. The first kappa shape index (κ1) is 24.2. The van der Waals surface area contributed by atoms with Gasteiger partial charge in [0, 0.05) is 51.0 Å². The Hall–Kier alpha value is -2.94. The fraction of sp³-hybridized carbons (Fsp3) is 0.480. The largest absolute Gasteiger partial charge is 0.372 e. The molecule has 0 aromatic heterocycles. The Morgan fingerprint density at radius 2 is 1.71 bits per heavy atom. The summed E-state index contributed by atoms with van der Waals surface area (Å²) in [6.45, 7) is 7.26. The van der Waals surface area contributed by atoms with Crippen LogP contribution < -0.4 is 20.4 Å². The van der Waals surface area contributed by atoms with Crippen molar-refractivity contribution in [2.24, 2.45) is 5.92 Å². The molecular formula is C25H31F3N4O2. The summed E-state index contributed by atoms with van der Waals surface area (Å²) in [6, 6.07) is 8.58. The van der Waals surface area contributed by atoms with Crippen molar-refractivity contribution in [3.05, 3.63) is 59.4 Å². The van der Waals surface area contributed by atoms with Gasteiger partial charge in [0.1, 0.15) is 5.82 Å². The summed E-state index contributed by atoms with van der Waals surface area (Å²) in [5.41, 5.74) is 1.86. The second kappa shape index (κ2) is 10.5. The van der Waals surface area contributed by atoms with E-state index in [1.165, 1.54) is 12.1 Å². The van der Waals surface area contributed by atoms with Gasteiger partial charge in [-0.2, -0.15) is 0 Å². The molecule has 2 aromatic rings. The highest BCUT2D eigenvalue weighted by Gasteiger charge is 2.25. The fourth-order valence-electron chi connectivity index (χ4n) is 4.69. The van der Waals surface area contributed by atoms with Crippen LogP contribution in [0, 0.1) is 23.4 Å². The molecule has 2 saturated heterocycles. The van der Waals surface area contributed by atoms with Crippen LogP contribution in [0.2, 0.25) is 0 Å². The highest BCUT2D eigenvalue weighted by atomic mass is 19.2. The topological polar surface area (TPSA) is 56.8 Å². The number of ether oxygens (including phenoxy) is 1. The van der Waals surface area contributed by atoms with Crippen LogP contribution in [0.25, 0.3) is 0 Å². The first-order valence-corrected chi connectivity index (χ1v) is 11.7. The van der Waals surface area contributed by atoms with Crippen molar-refractivity contribution in [1.29, 1.82) is 0 Å². The summed E-state index contributed by atoms with van der Waals surface area (Å²) in [6.07, 6.45) is 0.916.